The van der Waals surface area contributed by atoms with Gasteiger partial charge in [0.25, 0.3) is 11.8 Å². The summed E-state index contributed by atoms with van der Waals surface area (Å²) in [6.07, 6.45) is 1.50. The van der Waals surface area contributed by atoms with Crippen LogP contribution in [-0.2, 0) is 6.54 Å². The Hall–Kier alpha value is -3.62. The van der Waals surface area contributed by atoms with Gasteiger partial charge in [0.2, 0.25) is 0 Å². The fourth-order valence-corrected chi connectivity index (χ4v) is 2.63. The van der Waals surface area contributed by atoms with E-state index in [1.807, 2.05) is 13.8 Å². The number of benzene rings is 1. The molecule has 2 heterocycles. The Kier molecular flexibility index (Phi) is 4.93. The highest BCUT2D eigenvalue weighted by atomic mass is 16.5. The predicted octanol–water partition coefficient (Wildman–Crippen LogP) is 1.76. The van der Waals surface area contributed by atoms with Crippen molar-refractivity contribution in [3.8, 4) is 5.75 Å². The quantitative estimate of drug-likeness (QED) is 0.636. The second-order valence-corrected chi connectivity index (χ2v) is 5.64. The molecule has 0 atom stereocenters. The first-order valence-corrected chi connectivity index (χ1v) is 8.32. The summed E-state index contributed by atoms with van der Waals surface area (Å²) in [7, 11) is 0. The lowest BCUT2D eigenvalue weighted by atomic mass is 10.1. The van der Waals surface area contributed by atoms with E-state index in [9.17, 15) is 14.4 Å². The molecule has 9 nitrogen and oxygen atoms in total. The van der Waals surface area contributed by atoms with Crippen LogP contribution in [0.15, 0.2) is 39.7 Å². The number of ether oxygens (including phenoxy) is 1. The van der Waals surface area contributed by atoms with Gasteiger partial charge in [0, 0.05) is 30.3 Å². The van der Waals surface area contributed by atoms with Crippen LogP contribution in [0.1, 0.15) is 34.7 Å². The van der Waals surface area contributed by atoms with Crippen LogP contribution < -0.4 is 21.4 Å². The zero-order valence-corrected chi connectivity index (χ0v) is 14.8. The molecule has 140 valence electrons. The lowest BCUT2D eigenvalue weighted by molar-refractivity contribution is 0.0995. The second-order valence-electron chi connectivity index (χ2n) is 5.64. The molecule has 1 aromatic carbocycles. The van der Waals surface area contributed by atoms with Gasteiger partial charge < -0.3 is 20.2 Å². The fourth-order valence-electron chi connectivity index (χ4n) is 2.63. The Labute approximate surface area is 153 Å². The third kappa shape index (κ3) is 3.66. The van der Waals surface area contributed by atoms with Gasteiger partial charge in [-0.2, -0.15) is 5.10 Å². The lowest BCUT2D eigenvalue weighted by Crippen LogP contribution is -2.19. The number of anilines is 1. The fraction of sp³-hybridized carbons (Fsp3) is 0.222. The number of primary amides is 1. The van der Waals surface area contributed by atoms with Crippen molar-refractivity contribution >= 4 is 28.5 Å². The molecule has 3 N–H and O–H groups in total. The van der Waals surface area contributed by atoms with E-state index in [1.54, 1.807) is 18.2 Å². The van der Waals surface area contributed by atoms with Gasteiger partial charge in [0.05, 0.1) is 17.9 Å². The van der Waals surface area contributed by atoms with Gasteiger partial charge in [0.15, 0.2) is 5.69 Å². The van der Waals surface area contributed by atoms with Crippen molar-refractivity contribution in [2.24, 2.45) is 5.73 Å². The smallest absolute Gasteiger partial charge is 0.337 e. The van der Waals surface area contributed by atoms with Gasteiger partial charge in [-0.15, -0.1) is 0 Å². The van der Waals surface area contributed by atoms with E-state index in [0.717, 1.165) is 6.07 Å². The van der Waals surface area contributed by atoms with Crippen molar-refractivity contribution in [1.82, 2.24) is 9.78 Å². The van der Waals surface area contributed by atoms with Gasteiger partial charge in [-0.3, -0.25) is 14.3 Å². The summed E-state index contributed by atoms with van der Waals surface area (Å²) in [4.78, 5) is 36.2. The maximum Gasteiger partial charge on any atom is 0.337 e. The minimum absolute atomic E-state index is 0.0592. The normalized spacial score (nSPS) is 10.7. The van der Waals surface area contributed by atoms with E-state index in [2.05, 4.69) is 10.4 Å². The monoisotopic (exact) mass is 370 g/mol. The number of nitrogens with one attached hydrogen (secondary N) is 1. The third-order valence-electron chi connectivity index (χ3n) is 3.84. The molecule has 0 aliphatic carbocycles. The van der Waals surface area contributed by atoms with E-state index in [-0.39, 0.29) is 22.5 Å². The molecule has 0 bridgehead atoms. The number of fused-ring (bicyclic) bond motifs is 1. The van der Waals surface area contributed by atoms with Gasteiger partial charge >= 0.3 is 5.63 Å². The minimum atomic E-state index is -0.767. The first-order chi connectivity index (χ1) is 12.9. The highest BCUT2D eigenvalue weighted by molar-refractivity contribution is 6.13. The molecule has 27 heavy (non-hydrogen) atoms. The number of nitrogens with two attached hydrogens (primary N) is 1. The van der Waals surface area contributed by atoms with Crippen LogP contribution in [0.25, 0.3) is 11.0 Å². The van der Waals surface area contributed by atoms with Gasteiger partial charge in [-0.25, -0.2) is 4.79 Å². The molecule has 2 amide bonds. The lowest BCUT2D eigenvalue weighted by Gasteiger charge is -2.08. The van der Waals surface area contributed by atoms with Crippen molar-refractivity contribution in [3.05, 3.63) is 52.1 Å². The van der Waals surface area contributed by atoms with Crippen molar-refractivity contribution in [2.75, 3.05) is 11.9 Å². The Balaban J connectivity index is 2.02. The number of carbonyl (C=O) groups excluding carboxylic acids is 2. The molecular weight excluding hydrogens is 352 g/mol. The Bertz CT molecular complexity index is 1080. The zero-order valence-electron chi connectivity index (χ0n) is 14.8. The van der Waals surface area contributed by atoms with E-state index in [4.69, 9.17) is 14.9 Å². The summed E-state index contributed by atoms with van der Waals surface area (Å²) in [6.45, 7) is 4.60. The zero-order chi connectivity index (χ0) is 19.6. The number of hydrogen-bond acceptors (Lipinski definition) is 6. The summed E-state index contributed by atoms with van der Waals surface area (Å²) < 4.78 is 12.0. The summed E-state index contributed by atoms with van der Waals surface area (Å²) in [6, 6.07) is 5.93. The van der Waals surface area contributed by atoms with E-state index in [0.29, 0.717) is 24.3 Å². The van der Waals surface area contributed by atoms with E-state index in [1.165, 1.54) is 10.9 Å². The average Bonchev–Trinajstić information content (AvgIpc) is 3.04. The molecule has 3 rings (SSSR count). The molecule has 0 aliphatic rings. The minimum Gasteiger partial charge on any atom is -0.494 e. The van der Waals surface area contributed by atoms with Crippen molar-refractivity contribution in [1.29, 1.82) is 0 Å². The molecule has 3 aromatic rings. The molecule has 9 heteroatoms. The van der Waals surface area contributed by atoms with Crippen LogP contribution in [0.3, 0.4) is 0 Å². The number of carbonyl (C=O) groups is 2. The predicted molar refractivity (Wildman–Crippen MR) is 98.0 cm³/mol. The summed E-state index contributed by atoms with van der Waals surface area (Å²) in [5.41, 5.74) is 5.06. The summed E-state index contributed by atoms with van der Waals surface area (Å²) >= 11 is 0. The maximum atomic E-state index is 12.8. The number of nitrogens with zero attached hydrogens (tertiary/aromatic N) is 2. The molecule has 0 saturated heterocycles. The van der Waals surface area contributed by atoms with Crippen molar-refractivity contribution in [2.45, 2.75) is 20.4 Å². The van der Waals surface area contributed by atoms with Gasteiger partial charge in [-0.1, -0.05) is 0 Å². The molecule has 0 unspecified atom stereocenters. The summed E-state index contributed by atoms with van der Waals surface area (Å²) in [5, 5.41) is 7.03. The van der Waals surface area contributed by atoms with Gasteiger partial charge in [0.1, 0.15) is 11.3 Å². The molecule has 0 fully saturated rings. The number of aromatic nitrogens is 2. The van der Waals surface area contributed by atoms with Crippen LogP contribution in [0.5, 0.6) is 5.75 Å². The van der Waals surface area contributed by atoms with E-state index >= 15 is 0 Å². The van der Waals surface area contributed by atoms with Crippen molar-refractivity contribution in [3.63, 3.8) is 0 Å². The summed E-state index contributed by atoms with van der Waals surface area (Å²) in [5.74, 6) is -0.836. The Morgan fingerprint density at radius 3 is 2.74 bits per heavy atom. The molecule has 2 aromatic heterocycles. The standard InChI is InChI=1S/C18H18N4O5/c1-3-22-9-13(16(21-22)17(19)24)20-18(25)12-8-15(23)27-14-7-10(26-4-2)5-6-11(12)14/h5-9H,3-4H2,1-2H3,(H2,19,24)(H,20,25). The second kappa shape index (κ2) is 7.32. The number of hydrogen-bond donors (Lipinski definition) is 2. The average molecular weight is 370 g/mol. The molecule has 0 spiro atoms. The molecule has 0 saturated carbocycles. The highest BCUT2D eigenvalue weighted by Gasteiger charge is 2.19. The maximum absolute atomic E-state index is 12.8. The molecular formula is C18H18N4O5. The molecule has 0 aliphatic heterocycles. The number of aryl methyl sites for hydroxylation is 1. The number of amides is 2. The number of rotatable bonds is 6. The SMILES string of the molecule is CCOc1ccc2c(C(=O)Nc3cn(CC)nc3C(N)=O)cc(=O)oc2c1. The van der Waals surface area contributed by atoms with Crippen LogP contribution in [0, 0.1) is 0 Å². The largest absolute Gasteiger partial charge is 0.494 e. The van der Waals surface area contributed by atoms with Crippen molar-refractivity contribution < 1.29 is 18.7 Å². The Morgan fingerprint density at radius 1 is 1.30 bits per heavy atom. The van der Waals surface area contributed by atoms with Crippen LogP contribution in [-0.4, -0.2) is 28.2 Å². The topological polar surface area (TPSA) is 129 Å². The Morgan fingerprint density at radius 2 is 2.07 bits per heavy atom. The van der Waals surface area contributed by atoms with Crippen LogP contribution >= 0.6 is 0 Å². The van der Waals surface area contributed by atoms with Crippen LogP contribution in [0.4, 0.5) is 5.69 Å². The van der Waals surface area contributed by atoms with E-state index < -0.39 is 17.4 Å². The van der Waals surface area contributed by atoms with Gasteiger partial charge in [-0.05, 0) is 26.0 Å². The first-order valence-electron chi connectivity index (χ1n) is 8.32. The van der Waals surface area contributed by atoms with Crippen LogP contribution in [0.2, 0.25) is 0 Å². The first kappa shape index (κ1) is 18.2. The third-order valence-corrected chi connectivity index (χ3v) is 3.84. The molecule has 0 radical (unpaired) electrons. The highest BCUT2D eigenvalue weighted by Crippen LogP contribution is 2.24.